The van der Waals surface area contributed by atoms with Crippen molar-refractivity contribution < 1.29 is 17.6 Å². The molecule has 0 atom stereocenters. The van der Waals surface area contributed by atoms with Gasteiger partial charge >= 0.3 is 0 Å². The number of rotatable bonds is 6. The van der Waals surface area contributed by atoms with Gasteiger partial charge in [-0.25, -0.2) is 12.8 Å². The largest absolute Gasteiger partial charge is 0.330 e. The Kier molecular flexibility index (Phi) is 7.48. The predicted octanol–water partition coefficient (Wildman–Crippen LogP) is 1.30. The number of nitrogens with one attached hydrogen (secondary N) is 2. The molecule has 0 saturated heterocycles. The van der Waals surface area contributed by atoms with Gasteiger partial charge in [-0.3, -0.25) is 9.52 Å². The minimum absolute atomic E-state index is 0. The van der Waals surface area contributed by atoms with Crippen molar-refractivity contribution in [3.05, 3.63) is 24.0 Å². The van der Waals surface area contributed by atoms with Crippen molar-refractivity contribution >= 4 is 39.7 Å². The molecular weight excluding hydrogens is 309 g/mol. The number of anilines is 2. The predicted molar refractivity (Wildman–Crippen MR) is 79.0 cm³/mol. The van der Waals surface area contributed by atoms with Crippen molar-refractivity contribution in [3.8, 4) is 0 Å². The first-order valence-corrected chi connectivity index (χ1v) is 7.48. The van der Waals surface area contributed by atoms with E-state index in [9.17, 15) is 17.6 Å². The number of carbonyl (C=O) groups is 1. The summed E-state index contributed by atoms with van der Waals surface area (Å²) in [7, 11) is -3.58. The van der Waals surface area contributed by atoms with Crippen molar-refractivity contribution in [3.63, 3.8) is 0 Å². The lowest BCUT2D eigenvalue weighted by atomic mass is 10.2. The number of halogens is 2. The Morgan fingerprint density at radius 1 is 1.40 bits per heavy atom. The van der Waals surface area contributed by atoms with Gasteiger partial charge in [-0.1, -0.05) is 0 Å². The van der Waals surface area contributed by atoms with Crippen molar-refractivity contribution in [1.29, 1.82) is 0 Å². The monoisotopic (exact) mass is 325 g/mol. The molecule has 0 spiro atoms. The van der Waals surface area contributed by atoms with Gasteiger partial charge in [0.2, 0.25) is 15.9 Å². The highest BCUT2D eigenvalue weighted by Crippen LogP contribution is 2.20. The van der Waals surface area contributed by atoms with Crippen molar-refractivity contribution in [1.82, 2.24) is 0 Å². The van der Waals surface area contributed by atoms with Crippen LogP contribution in [0.1, 0.15) is 12.8 Å². The molecule has 0 aromatic heterocycles. The van der Waals surface area contributed by atoms with Crippen molar-refractivity contribution in [2.75, 3.05) is 22.8 Å². The fraction of sp³-hybridized carbons (Fsp3) is 0.364. The maximum Gasteiger partial charge on any atom is 0.229 e. The van der Waals surface area contributed by atoms with Crippen LogP contribution in [0.3, 0.4) is 0 Å². The molecule has 0 bridgehead atoms. The number of sulfonamides is 1. The summed E-state index contributed by atoms with van der Waals surface area (Å²) in [6.45, 7) is 0.401. The second kappa shape index (κ2) is 8.03. The Morgan fingerprint density at radius 3 is 2.60 bits per heavy atom. The smallest absolute Gasteiger partial charge is 0.229 e. The summed E-state index contributed by atoms with van der Waals surface area (Å²) in [5.74, 6) is -0.979. The lowest BCUT2D eigenvalue weighted by Crippen LogP contribution is -2.14. The topological polar surface area (TPSA) is 101 Å². The fourth-order valence-electron chi connectivity index (χ4n) is 1.37. The molecule has 1 aromatic rings. The van der Waals surface area contributed by atoms with Crippen LogP contribution in [-0.2, 0) is 14.8 Å². The Bertz CT molecular complexity index is 566. The molecule has 0 fully saturated rings. The zero-order valence-electron chi connectivity index (χ0n) is 10.8. The molecule has 114 valence electrons. The lowest BCUT2D eigenvalue weighted by molar-refractivity contribution is -0.116. The second-order valence-corrected chi connectivity index (χ2v) is 5.76. The van der Waals surface area contributed by atoms with E-state index in [-0.39, 0.29) is 30.4 Å². The first-order valence-electron chi connectivity index (χ1n) is 5.59. The molecule has 0 unspecified atom stereocenters. The molecule has 4 N–H and O–H groups in total. The van der Waals surface area contributed by atoms with E-state index in [2.05, 4.69) is 5.32 Å². The molecule has 1 amide bonds. The van der Waals surface area contributed by atoms with Crippen LogP contribution in [0.5, 0.6) is 0 Å². The van der Waals surface area contributed by atoms with Crippen LogP contribution >= 0.6 is 12.4 Å². The summed E-state index contributed by atoms with van der Waals surface area (Å²) >= 11 is 0. The highest BCUT2D eigenvalue weighted by molar-refractivity contribution is 7.92. The molecule has 9 heteroatoms. The van der Waals surface area contributed by atoms with Crippen molar-refractivity contribution in [2.24, 2.45) is 5.73 Å². The maximum atomic E-state index is 13.4. The first kappa shape index (κ1) is 18.6. The van der Waals surface area contributed by atoms with Gasteiger partial charge in [0.1, 0.15) is 5.82 Å². The van der Waals surface area contributed by atoms with Gasteiger partial charge in [0.15, 0.2) is 0 Å². The number of carbonyl (C=O) groups excluding carboxylic acids is 1. The molecule has 0 aliphatic rings. The zero-order valence-corrected chi connectivity index (χ0v) is 12.5. The van der Waals surface area contributed by atoms with Crippen molar-refractivity contribution in [2.45, 2.75) is 12.8 Å². The summed E-state index contributed by atoms with van der Waals surface area (Å²) in [5, 5.41) is 2.53. The van der Waals surface area contributed by atoms with Gasteiger partial charge in [-0.15, -0.1) is 12.4 Å². The average molecular weight is 326 g/mol. The highest BCUT2D eigenvalue weighted by Gasteiger charge is 2.09. The summed E-state index contributed by atoms with van der Waals surface area (Å²) < 4.78 is 37.5. The van der Waals surface area contributed by atoms with Crippen LogP contribution in [0, 0.1) is 5.82 Å². The average Bonchev–Trinajstić information content (AvgIpc) is 2.29. The van der Waals surface area contributed by atoms with Crippen LogP contribution in [0.2, 0.25) is 0 Å². The molecule has 20 heavy (non-hydrogen) atoms. The summed E-state index contributed by atoms with van der Waals surface area (Å²) in [4.78, 5) is 11.5. The number of amides is 1. The first-order chi connectivity index (χ1) is 8.81. The second-order valence-electron chi connectivity index (χ2n) is 4.01. The van der Waals surface area contributed by atoms with Crippen LogP contribution in [0.4, 0.5) is 15.8 Å². The van der Waals surface area contributed by atoms with Crippen LogP contribution in [-0.4, -0.2) is 27.1 Å². The molecule has 0 aliphatic heterocycles. The molecule has 0 saturated carbocycles. The number of nitrogens with two attached hydrogens (primary N) is 1. The molecule has 1 aromatic carbocycles. The van der Waals surface area contributed by atoms with Gasteiger partial charge in [-0.2, -0.15) is 0 Å². The minimum Gasteiger partial charge on any atom is -0.330 e. The molecule has 0 heterocycles. The fourth-order valence-corrected chi connectivity index (χ4v) is 1.92. The molecule has 0 radical (unpaired) electrons. The zero-order chi connectivity index (χ0) is 14.5. The lowest BCUT2D eigenvalue weighted by Gasteiger charge is -2.09. The quantitative estimate of drug-likeness (QED) is 0.733. The SMILES string of the molecule is CS(=O)(=O)Nc1cc(NC(=O)CCCN)ccc1F.Cl. The summed E-state index contributed by atoms with van der Waals surface area (Å²) in [6, 6.07) is 3.64. The number of benzene rings is 1. The Labute approximate surface area is 123 Å². The molecule has 0 aliphatic carbocycles. The van der Waals surface area contributed by atoms with Crippen LogP contribution in [0.25, 0.3) is 0 Å². The molecule has 6 nitrogen and oxygen atoms in total. The van der Waals surface area contributed by atoms with E-state index >= 15 is 0 Å². The van der Waals surface area contributed by atoms with Crippen LogP contribution < -0.4 is 15.8 Å². The van der Waals surface area contributed by atoms with E-state index in [0.717, 1.165) is 12.3 Å². The van der Waals surface area contributed by atoms with E-state index in [1.54, 1.807) is 0 Å². The van der Waals surface area contributed by atoms with E-state index in [4.69, 9.17) is 5.73 Å². The third-order valence-corrected chi connectivity index (χ3v) is 2.74. The maximum absolute atomic E-state index is 13.4. The van der Waals surface area contributed by atoms with Gasteiger partial charge in [0.05, 0.1) is 11.9 Å². The van der Waals surface area contributed by atoms with Gasteiger partial charge in [0, 0.05) is 12.1 Å². The highest BCUT2D eigenvalue weighted by atomic mass is 35.5. The third-order valence-electron chi connectivity index (χ3n) is 2.15. The van der Waals surface area contributed by atoms with E-state index in [0.29, 0.717) is 18.7 Å². The van der Waals surface area contributed by atoms with E-state index in [1.807, 2.05) is 4.72 Å². The minimum atomic E-state index is -3.58. The summed E-state index contributed by atoms with van der Waals surface area (Å²) in [6.07, 6.45) is 1.71. The van der Waals surface area contributed by atoms with Crippen LogP contribution in [0.15, 0.2) is 18.2 Å². The standard InChI is InChI=1S/C11H16FN3O3S.ClH/c1-19(17,18)15-10-7-8(4-5-9(10)12)14-11(16)3-2-6-13;/h4-5,7,15H,2-3,6,13H2,1H3,(H,14,16);1H. The molecular formula is C11H17ClFN3O3S. The van der Waals surface area contributed by atoms with E-state index < -0.39 is 15.8 Å². The Hall–Kier alpha value is -1.38. The van der Waals surface area contributed by atoms with Gasteiger partial charge in [-0.05, 0) is 31.2 Å². The molecule has 1 rings (SSSR count). The van der Waals surface area contributed by atoms with Gasteiger partial charge in [0.25, 0.3) is 0 Å². The normalized spacial score (nSPS) is 10.6. The third kappa shape index (κ3) is 6.69. The Morgan fingerprint density at radius 2 is 2.05 bits per heavy atom. The number of hydrogen-bond donors (Lipinski definition) is 3. The number of hydrogen-bond acceptors (Lipinski definition) is 4. The Balaban J connectivity index is 0.00000361. The van der Waals surface area contributed by atoms with Gasteiger partial charge < -0.3 is 11.1 Å². The summed E-state index contributed by atoms with van der Waals surface area (Å²) in [5.41, 5.74) is 5.38. The van der Waals surface area contributed by atoms with E-state index in [1.165, 1.54) is 12.1 Å².